The third-order valence-electron chi connectivity index (χ3n) is 5.26. The minimum absolute atomic E-state index is 0.169. The molecule has 1 N–H and O–H groups in total. The lowest BCUT2D eigenvalue weighted by atomic mass is 9.82. The highest BCUT2D eigenvalue weighted by molar-refractivity contribution is 5.91. The van der Waals surface area contributed by atoms with Crippen LogP contribution < -0.4 is 4.74 Å². The summed E-state index contributed by atoms with van der Waals surface area (Å²) in [5, 5.41) is 10.8. The van der Waals surface area contributed by atoms with Crippen molar-refractivity contribution in [3.8, 4) is 5.75 Å². The van der Waals surface area contributed by atoms with Gasteiger partial charge >= 0.3 is 18.3 Å². The van der Waals surface area contributed by atoms with Gasteiger partial charge in [0.15, 0.2) is 0 Å². The number of benzene rings is 2. The number of halogens is 6. The van der Waals surface area contributed by atoms with Gasteiger partial charge < -0.3 is 14.6 Å². The molecule has 0 bridgehead atoms. The van der Waals surface area contributed by atoms with Crippen molar-refractivity contribution in [3.63, 3.8) is 0 Å². The SMILES string of the molecule is C=C(C)C(=O)Oc1ccc2c(C(C)(C)OC(C)(C)C(O)(C(F)(F)F)C(F)(F)F)cccc2c1. The summed E-state index contributed by atoms with van der Waals surface area (Å²) in [7, 11) is 0. The highest BCUT2D eigenvalue weighted by Gasteiger charge is 2.78. The highest BCUT2D eigenvalue weighted by Crippen LogP contribution is 2.52. The molecule has 2 aromatic carbocycles. The van der Waals surface area contributed by atoms with Gasteiger partial charge in [-0.3, -0.25) is 0 Å². The number of esters is 1. The van der Waals surface area contributed by atoms with E-state index in [0.717, 1.165) is 0 Å². The fourth-order valence-corrected chi connectivity index (χ4v) is 3.65. The number of carbonyl (C=O) groups is 1. The number of alkyl halides is 6. The molecule has 0 spiro atoms. The Kier molecular flexibility index (Phi) is 6.72. The quantitative estimate of drug-likeness (QED) is 0.232. The molecule has 0 atom stereocenters. The van der Waals surface area contributed by atoms with Gasteiger partial charge in [0.2, 0.25) is 0 Å². The van der Waals surface area contributed by atoms with E-state index >= 15 is 0 Å². The summed E-state index contributed by atoms with van der Waals surface area (Å²) >= 11 is 0. The maximum absolute atomic E-state index is 13.4. The molecule has 10 heteroatoms. The predicted octanol–water partition coefficient (Wildman–Crippen LogP) is 6.21. The summed E-state index contributed by atoms with van der Waals surface area (Å²) in [5.41, 5.74) is -9.52. The fourth-order valence-electron chi connectivity index (χ4n) is 3.65. The molecule has 0 fully saturated rings. The van der Waals surface area contributed by atoms with Crippen molar-refractivity contribution in [2.75, 3.05) is 0 Å². The second-order valence-corrected chi connectivity index (χ2v) is 8.69. The molecule has 0 saturated heterocycles. The number of ether oxygens (including phenoxy) is 2. The van der Waals surface area contributed by atoms with Crippen LogP contribution >= 0.6 is 0 Å². The zero-order valence-corrected chi connectivity index (χ0v) is 18.6. The van der Waals surface area contributed by atoms with Crippen molar-refractivity contribution >= 4 is 16.7 Å². The summed E-state index contributed by atoms with van der Waals surface area (Å²) in [6.07, 6.45) is -12.1. The topological polar surface area (TPSA) is 55.8 Å². The molecular weight excluding hydrogens is 454 g/mol. The Balaban J connectivity index is 2.54. The summed E-state index contributed by atoms with van der Waals surface area (Å²) in [6, 6.07) is 9.06. The van der Waals surface area contributed by atoms with Crippen LogP contribution in [0.25, 0.3) is 10.8 Å². The second-order valence-electron chi connectivity index (χ2n) is 8.69. The lowest BCUT2D eigenvalue weighted by Crippen LogP contribution is -2.70. The molecule has 2 aromatic rings. The van der Waals surface area contributed by atoms with Gasteiger partial charge in [0.1, 0.15) is 11.4 Å². The molecule has 0 aliphatic heterocycles. The number of carbonyl (C=O) groups excluding carboxylic acids is 1. The van der Waals surface area contributed by atoms with E-state index in [1.54, 1.807) is 6.07 Å². The van der Waals surface area contributed by atoms with Crippen LogP contribution in [0.2, 0.25) is 0 Å². The molecule has 0 aliphatic carbocycles. The van der Waals surface area contributed by atoms with Crippen LogP contribution in [0.1, 0.15) is 40.2 Å². The predicted molar refractivity (Wildman–Crippen MR) is 110 cm³/mol. The van der Waals surface area contributed by atoms with Gasteiger partial charge in [-0.25, -0.2) is 4.79 Å². The van der Waals surface area contributed by atoms with E-state index in [1.807, 2.05) is 0 Å². The Morgan fingerprint density at radius 1 is 0.939 bits per heavy atom. The normalized spacial score (nSPS) is 13.8. The van der Waals surface area contributed by atoms with Gasteiger partial charge in [-0.15, -0.1) is 0 Å². The summed E-state index contributed by atoms with van der Waals surface area (Å²) in [6.45, 7) is 8.61. The van der Waals surface area contributed by atoms with Crippen molar-refractivity contribution in [3.05, 3.63) is 54.1 Å². The first-order valence-electron chi connectivity index (χ1n) is 9.71. The van der Waals surface area contributed by atoms with Gasteiger partial charge in [0.25, 0.3) is 5.60 Å². The lowest BCUT2D eigenvalue weighted by Gasteiger charge is -2.47. The van der Waals surface area contributed by atoms with E-state index in [9.17, 15) is 36.2 Å². The Hall–Kier alpha value is -2.59. The molecule has 33 heavy (non-hydrogen) atoms. The van der Waals surface area contributed by atoms with E-state index < -0.39 is 35.1 Å². The standard InChI is InChI=1S/C23H24F6O4/c1-13(2)18(30)32-15-10-11-16-14(12-15)8-7-9-17(16)19(3,4)33-20(5,6)21(31,22(24,25)26)23(27,28)29/h7-12,31H,1H2,2-6H3. The minimum atomic E-state index is -6.05. The van der Waals surface area contributed by atoms with Crippen LogP contribution in [0, 0.1) is 0 Å². The average molecular weight is 478 g/mol. The highest BCUT2D eigenvalue weighted by atomic mass is 19.4. The zero-order chi connectivity index (χ0) is 25.6. The third-order valence-corrected chi connectivity index (χ3v) is 5.26. The van der Waals surface area contributed by atoms with Crippen LogP contribution in [-0.4, -0.2) is 34.6 Å². The number of hydrogen-bond donors (Lipinski definition) is 1. The van der Waals surface area contributed by atoms with Crippen molar-refractivity contribution < 1.29 is 45.7 Å². The molecule has 0 aliphatic rings. The Morgan fingerprint density at radius 2 is 1.48 bits per heavy atom. The first-order valence-corrected chi connectivity index (χ1v) is 9.71. The van der Waals surface area contributed by atoms with Crippen LogP contribution in [0.5, 0.6) is 5.75 Å². The molecule has 0 unspecified atom stereocenters. The van der Waals surface area contributed by atoms with Crippen LogP contribution in [0.4, 0.5) is 26.3 Å². The number of aliphatic hydroxyl groups is 1. The van der Waals surface area contributed by atoms with E-state index in [1.165, 1.54) is 51.1 Å². The zero-order valence-electron chi connectivity index (χ0n) is 18.6. The van der Waals surface area contributed by atoms with Gasteiger partial charge in [-0.1, -0.05) is 30.8 Å². The van der Waals surface area contributed by atoms with E-state index in [4.69, 9.17) is 9.47 Å². The number of hydrogen-bond acceptors (Lipinski definition) is 4. The third kappa shape index (κ3) is 4.86. The molecule has 0 saturated carbocycles. The van der Waals surface area contributed by atoms with Crippen molar-refractivity contribution in [1.29, 1.82) is 0 Å². The molecule has 0 heterocycles. The van der Waals surface area contributed by atoms with Crippen molar-refractivity contribution in [1.82, 2.24) is 0 Å². The molecular formula is C23H24F6O4. The van der Waals surface area contributed by atoms with Crippen LogP contribution in [0.15, 0.2) is 48.6 Å². The lowest BCUT2D eigenvalue weighted by molar-refractivity contribution is -0.420. The minimum Gasteiger partial charge on any atom is -0.423 e. The van der Waals surface area contributed by atoms with Crippen molar-refractivity contribution in [2.24, 2.45) is 0 Å². The van der Waals surface area contributed by atoms with E-state index in [-0.39, 0.29) is 16.9 Å². The van der Waals surface area contributed by atoms with Crippen LogP contribution in [0.3, 0.4) is 0 Å². The monoisotopic (exact) mass is 478 g/mol. The largest absolute Gasteiger partial charge is 0.429 e. The maximum Gasteiger partial charge on any atom is 0.429 e. The molecule has 182 valence electrons. The summed E-state index contributed by atoms with van der Waals surface area (Å²) in [4.78, 5) is 11.7. The first-order chi connectivity index (χ1) is 14.7. The molecule has 0 radical (unpaired) electrons. The van der Waals surface area contributed by atoms with E-state index in [2.05, 4.69) is 6.58 Å². The van der Waals surface area contributed by atoms with Crippen LogP contribution in [-0.2, 0) is 15.1 Å². The molecule has 4 nitrogen and oxygen atoms in total. The van der Waals surface area contributed by atoms with Gasteiger partial charge in [-0.05, 0) is 63.1 Å². The molecule has 0 aromatic heterocycles. The van der Waals surface area contributed by atoms with Crippen molar-refractivity contribution in [2.45, 2.75) is 63.8 Å². The smallest absolute Gasteiger partial charge is 0.423 e. The van der Waals surface area contributed by atoms with Gasteiger partial charge in [0.05, 0.1) is 5.60 Å². The molecule has 0 amide bonds. The maximum atomic E-state index is 13.4. The summed E-state index contributed by atoms with van der Waals surface area (Å²) < 4.78 is 91.1. The summed E-state index contributed by atoms with van der Waals surface area (Å²) in [5.74, 6) is -0.482. The Labute approximate surface area is 186 Å². The van der Waals surface area contributed by atoms with Gasteiger partial charge in [0, 0.05) is 5.57 Å². The first kappa shape index (κ1) is 26.7. The average Bonchev–Trinajstić information content (AvgIpc) is 2.63. The number of fused-ring (bicyclic) bond motifs is 1. The fraction of sp³-hybridized carbons (Fsp3) is 0.435. The Bertz CT molecular complexity index is 1050. The number of rotatable bonds is 6. The van der Waals surface area contributed by atoms with Gasteiger partial charge in [-0.2, -0.15) is 26.3 Å². The second kappa shape index (κ2) is 8.32. The molecule has 2 rings (SSSR count). The van der Waals surface area contributed by atoms with E-state index in [0.29, 0.717) is 24.6 Å². The Morgan fingerprint density at radius 3 is 1.97 bits per heavy atom.